The molecule has 0 aliphatic heterocycles. The smallest absolute Gasteiger partial charge is 0.252 e. The van der Waals surface area contributed by atoms with Crippen molar-refractivity contribution in [2.24, 2.45) is 23.7 Å². The highest BCUT2D eigenvalue weighted by Crippen LogP contribution is 2.65. The van der Waals surface area contributed by atoms with Gasteiger partial charge < -0.3 is 5.32 Å². The zero-order valence-corrected chi connectivity index (χ0v) is 12.6. The normalized spacial score (nSPS) is 38.1. The van der Waals surface area contributed by atoms with E-state index in [1.807, 2.05) is 25.1 Å². The molecule has 0 radical (unpaired) electrons. The number of nitrogens with one attached hydrogen (secondary N) is 1. The summed E-state index contributed by atoms with van der Waals surface area (Å²) in [7, 11) is 0. The molecule has 100 valence electrons. The topological polar surface area (TPSA) is 29.1 Å². The molecule has 3 saturated carbocycles. The molecular formula is C16H18BrNO. The van der Waals surface area contributed by atoms with E-state index in [2.05, 4.69) is 21.2 Å². The van der Waals surface area contributed by atoms with E-state index in [1.165, 1.54) is 19.3 Å². The van der Waals surface area contributed by atoms with Crippen LogP contribution in [-0.2, 0) is 0 Å². The minimum atomic E-state index is 0.0920. The highest BCUT2D eigenvalue weighted by molar-refractivity contribution is 9.10. The van der Waals surface area contributed by atoms with E-state index in [0.29, 0.717) is 6.04 Å². The van der Waals surface area contributed by atoms with Crippen molar-refractivity contribution in [3.63, 3.8) is 0 Å². The van der Waals surface area contributed by atoms with Gasteiger partial charge in [-0.3, -0.25) is 4.79 Å². The predicted octanol–water partition coefficient (Wildman–Crippen LogP) is 3.53. The Morgan fingerprint density at radius 1 is 1.26 bits per heavy atom. The van der Waals surface area contributed by atoms with E-state index in [9.17, 15) is 4.79 Å². The average Bonchev–Trinajstić information content (AvgIpc) is 2.80. The SMILES string of the molecule is Cc1ccc(Br)c(C(=O)NC2C3C4CCC(C4)C23)c1. The van der Waals surface area contributed by atoms with Crippen molar-refractivity contribution in [3.05, 3.63) is 33.8 Å². The first-order valence-electron chi connectivity index (χ1n) is 7.22. The highest BCUT2D eigenvalue weighted by atomic mass is 79.9. The largest absolute Gasteiger partial charge is 0.349 e. The molecule has 3 fully saturated rings. The Balaban J connectivity index is 1.50. The zero-order valence-electron chi connectivity index (χ0n) is 11.0. The summed E-state index contributed by atoms with van der Waals surface area (Å²) in [6.07, 6.45) is 4.22. The quantitative estimate of drug-likeness (QED) is 0.887. The maximum atomic E-state index is 12.4. The molecule has 19 heavy (non-hydrogen) atoms. The van der Waals surface area contributed by atoms with Crippen molar-refractivity contribution in [2.75, 3.05) is 0 Å². The maximum absolute atomic E-state index is 12.4. The third-order valence-electron chi connectivity index (χ3n) is 5.40. The summed E-state index contributed by atoms with van der Waals surface area (Å²) in [5, 5.41) is 3.27. The Labute approximate surface area is 122 Å². The standard InChI is InChI=1S/C16H18BrNO/c1-8-2-5-12(17)11(6-8)16(19)18-15-13-9-3-4-10(7-9)14(13)15/h2,5-6,9-10,13-15H,3-4,7H2,1H3,(H,18,19). The van der Waals surface area contributed by atoms with Crippen LogP contribution in [0, 0.1) is 30.6 Å². The molecule has 3 heteroatoms. The summed E-state index contributed by atoms with van der Waals surface area (Å²) < 4.78 is 0.893. The molecular weight excluding hydrogens is 302 g/mol. The predicted molar refractivity (Wildman–Crippen MR) is 77.9 cm³/mol. The Morgan fingerprint density at radius 3 is 2.63 bits per heavy atom. The van der Waals surface area contributed by atoms with Gasteiger partial charge in [-0.05, 0) is 77.9 Å². The van der Waals surface area contributed by atoms with Crippen LogP contribution in [0.25, 0.3) is 0 Å². The van der Waals surface area contributed by atoms with Gasteiger partial charge in [0, 0.05) is 10.5 Å². The van der Waals surface area contributed by atoms with Crippen LogP contribution in [0.15, 0.2) is 22.7 Å². The lowest BCUT2D eigenvalue weighted by Gasteiger charge is -2.12. The van der Waals surface area contributed by atoms with Crippen LogP contribution in [0.4, 0.5) is 0 Å². The van der Waals surface area contributed by atoms with Crippen LogP contribution in [-0.4, -0.2) is 11.9 Å². The third-order valence-corrected chi connectivity index (χ3v) is 6.09. The summed E-state index contributed by atoms with van der Waals surface area (Å²) in [6.45, 7) is 2.02. The molecule has 4 atom stereocenters. The Morgan fingerprint density at radius 2 is 1.95 bits per heavy atom. The van der Waals surface area contributed by atoms with Gasteiger partial charge in [0.05, 0.1) is 5.56 Å². The first-order chi connectivity index (χ1) is 9.15. The summed E-state index contributed by atoms with van der Waals surface area (Å²) >= 11 is 3.48. The van der Waals surface area contributed by atoms with E-state index in [4.69, 9.17) is 0 Å². The van der Waals surface area contributed by atoms with Crippen molar-refractivity contribution in [3.8, 4) is 0 Å². The van der Waals surface area contributed by atoms with Crippen LogP contribution in [0.5, 0.6) is 0 Å². The summed E-state index contributed by atoms with van der Waals surface area (Å²) in [5.74, 6) is 3.49. The second kappa shape index (κ2) is 4.08. The fourth-order valence-electron chi connectivity index (χ4n) is 4.56. The van der Waals surface area contributed by atoms with E-state index in [-0.39, 0.29) is 5.91 Å². The van der Waals surface area contributed by atoms with Gasteiger partial charge in [0.1, 0.15) is 0 Å². The van der Waals surface area contributed by atoms with Gasteiger partial charge in [-0.1, -0.05) is 11.6 Å². The number of carbonyl (C=O) groups excluding carboxylic acids is 1. The van der Waals surface area contributed by atoms with Crippen molar-refractivity contribution >= 4 is 21.8 Å². The van der Waals surface area contributed by atoms with Crippen molar-refractivity contribution in [1.29, 1.82) is 0 Å². The number of amides is 1. The van der Waals surface area contributed by atoms with Crippen molar-refractivity contribution in [1.82, 2.24) is 5.32 Å². The molecule has 0 aromatic heterocycles. The number of aryl methyl sites for hydroxylation is 1. The third kappa shape index (κ3) is 1.78. The average molecular weight is 320 g/mol. The lowest BCUT2D eigenvalue weighted by atomic mass is 10.0. The van der Waals surface area contributed by atoms with Gasteiger partial charge >= 0.3 is 0 Å². The van der Waals surface area contributed by atoms with Crippen molar-refractivity contribution < 1.29 is 4.79 Å². The van der Waals surface area contributed by atoms with Gasteiger partial charge in [0.25, 0.3) is 5.91 Å². The molecule has 3 aliphatic carbocycles. The Kier molecular flexibility index (Phi) is 2.57. The number of benzene rings is 1. The highest BCUT2D eigenvalue weighted by Gasteiger charge is 2.65. The molecule has 2 nitrogen and oxygen atoms in total. The molecule has 3 aliphatic rings. The second-order valence-corrected chi connectivity index (χ2v) is 7.32. The van der Waals surface area contributed by atoms with Gasteiger partial charge in [0.2, 0.25) is 0 Å². The van der Waals surface area contributed by atoms with Gasteiger partial charge in [-0.2, -0.15) is 0 Å². The van der Waals surface area contributed by atoms with E-state index in [0.717, 1.165) is 39.3 Å². The van der Waals surface area contributed by atoms with Gasteiger partial charge in [0.15, 0.2) is 0 Å². The van der Waals surface area contributed by atoms with Gasteiger partial charge in [-0.15, -0.1) is 0 Å². The zero-order chi connectivity index (χ0) is 13.1. The second-order valence-electron chi connectivity index (χ2n) is 6.47. The Bertz CT molecular complexity index is 540. The van der Waals surface area contributed by atoms with Crippen LogP contribution in [0.2, 0.25) is 0 Å². The molecule has 4 rings (SSSR count). The number of halogens is 1. The minimum Gasteiger partial charge on any atom is -0.349 e. The minimum absolute atomic E-state index is 0.0920. The summed E-state index contributed by atoms with van der Waals surface area (Å²) in [4.78, 5) is 12.4. The van der Waals surface area contributed by atoms with E-state index < -0.39 is 0 Å². The van der Waals surface area contributed by atoms with E-state index >= 15 is 0 Å². The summed E-state index contributed by atoms with van der Waals surface area (Å²) in [6, 6.07) is 6.41. The number of hydrogen-bond acceptors (Lipinski definition) is 1. The molecule has 0 spiro atoms. The molecule has 0 saturated heterocycles. The van der Waals surface area contributed by atoms with E-state index in [1.54, 1.807) is 0 Å². The Hall–Kier alpha value is -0.830. The lowest BCUT2D eigenvalue weighted by molar-refractivity contribution is 0.0943. The van der Waals surface area contributed by atoms with Crippen LogP contribution < -0.4 is 5.32 Å². The number of carbonyl (C=O) groups is 1. The first-order valence-corrected chi connectivity index (χ1v) is 8.01. The fourth-order valence-corrected chi connectivity index (χ4v) is 4.99. The summed E-state index contributed by atoms with van der Waals surface area (Å²) in [5.41, 5.74) is 1.90. The lowest BCUT2D eigenvalue weighted by Crippen LogP contribution is -2.30. The number of rotatable bonds is 2. The van der Waals surface area contributed by atoms with Crippen LogP contribution >= 0.6 is 15.9 Å². The first kappa shape index (κ1) is 12.0. The molecule has 1 aromatic carbocycles. The van der Waals surface area contributed by atoms with Gasteiger partial charge in [-0.25, -0.2) is 0 Å². The van der Waals surface area contributed by atoms with Crippen LogP contribution in [0.3, 0.4) is 0 Å². The fraction of sp³-hybridized carbons (Fsp3) is 0.562. The van der Waals surface area contributed by atoms with Crippen molar-refractivity contribution in [2.45, 2.75) is 32.2 Å². The molecule has 2 bridgehead atoms. The van der Waals surface area contributed by atoms with Crippen LogP contribution in [0.1, 0.15) is 35.2 Å². The monoisotopic (exact) mass is 319 g/mol. The number of fused-ring (bicyclic) bond motifs is 5. The molecule has 4 unspecified atom stereocenters. The molecule has 1 aromatic rings. The number of hydrogen-bond donors (Lipinski definition) is 1. The molecule has 1 N–H and O–H groups in total. The molecule has 0 heterocycles. The molecule has 1 amide bonds. The maximum Gasteiger partial charge on any atom is 0.252 e.